The van der Waals surface area contributed by atoms with Crippen molar-refractivity contribution in [1.29, 1.82) is 0 Å². The molecule has 3 atom stereocenters. The molecule has 2 aliphatic rings. The Balaban J connectivity index is 1.65. The van der Waals surface area contributed by atoms with Crippen LogP contribution in [0.1, 0.15) is 57.1 Å². The third-order valence-corrected chi connectivity index (χ3v) is 9.60. The molecule has 216 valence electrons. The fraction of sp³-hybridized carbons (Fsp3) is 0.500. The summed E-state index contributed by atoms with van der Waals surface area (Å²) in [5.74, 6) is 5.28. The van der Waals surface area contributed by atoms with Gasteiger partial charge in [0.05, 0.1) is 13.2 Å². The number of fused-ring (bicyclic) bond motifs is 1. The lowest BCUT2D eigenvalue weighted by molar-refractivity contribution is 0.0806. The minimum atomic E-state index is -4.01. The van der Waals surface area contributed by atoms with Crippen molar-refractivity contribution in [1.82, 2.24) is 14.5 Å². The second-order valence-corrected chi connectivity index (χ2v) is 12.7. The van der Waals surface area contributed by atoms with Gasteiger partial charge in [-0.2, -0.15) is 4.31 Å². The van der Waals surface area contributed by atoms with Gasteiger partial charge < -0.3 is 20.1 Å². The Kier molecular flexibility index (Phi) is 9.72. The molecule has 0 spiro atoms. The maximum Gasteiger partial charge on any atom is 0.317 e. The molecule has 4 rings (SSSR count). The van der Waals surface area contributed by atoms with Crippen LogP contribution in [0.5, 0.6) is 5.75 Å². The first-order valence-corrected chi connectivity index (χ1v) is 15.2. The quantitative estimate of drug-likeness (QED) is 0.530. The van der Waals surface area contributed by atoms with Crippen LogP contribution in [0.25, 0.3) is 0 Å². The number of carbonyl (C=O) groups excluding carboxylic acids is 1. The van der Waals surface area contributed by atoms with Crippen molar-refractivity contribution in [2.75, 3.05) is 26.7 Å². The third kappa shape index (κ3) is 7.14. The molecule has 0 aromatic heterocycles. The number of urea groups is 1. The molecular weight excluding hydrogens is 533 g/mol. The van der Waals surface area contributed by atoms with Crippen molar-refractivity contribution in [2.45, 2.75) is 69.0 Å². The second-order valence-electron chi connectivity index (χ2n) is 10.8. The number of nitrogens with one attached hydrogen (secondary N) is 1. The van der Waals surface area contributed by atoms with E-state index in [9.17, 15) is 22.7 Å². The smallest absolute Gasteiger partial charge is 0.317 e. The molecule has 0 saturated heterocycles. The van der Waals surface area contributed by atoms with Crippen molar-refractivity contribution >= 4 is 16.1 Å². The summed E-state index contributed by atoms with van der Waals surface area (Å²) in [6, 6.07) is 9.82. The Bertz CT molecular complexity index is 1370. The topological polar surface area (TPSA) is 99.2 Å². The molecule has 40 heavy (non-hydrogen) atoms. The van der Waals surface area contributed by atoms with E-state index in [1.165, 1.54) is 28.9 Å². The van der Waals surface area contributed by atoms with Crippen molar-refractivity contribution in [2.24, 2.45) is 5.92 Å². The number of likely N-dealkylation sites (N-methyl/N-ethyl adjacent to an activating group) is 1. The largest absolute Gasteiger partial charge is 0.487 e. The van der Waals surface area contributed by atoms with Crippen LogP contribution in [0.4, 0.5) is 9.18 Å². The highest BCUT2D eigenvalue weighted by molar-refractivity contribution is 7.89. The molecule has 0 unspecified atom stereocenters. The van der Waals surface area contributed by atoms with E-state index in [1.807, 2.05) is 6.92 Å². The lowest BCUT2D eigenvalue weighted by atomic mass is 9.96. The molecule has 1 aliphatic carbocycles. The number of hydrogen-bond acceptors (Lipinski definition) is 5. The standard InChI is InChI=1S/C30H38FN3O5S/c1-21-18-34(22(2)20-35)40(37,38)29-15-14-24(13-12-23-8-7-9-25(31)16-23)17-27(29)39-28(21)19-33(3)30(36)32-26-10-5-4-6-11-26/h7-9,14-17,21-22,26,28,35H,4-6,10-11,18-20H2,1-3H3,(H,32,36)/t21-,22-,28-/m0/s1. The molecule has 1 aliphatic heterocycles. The zero-order chi connectivity index (χ0) is 28.9. The minimum Gasteiger partial charge on any atom is -0.487 e. The third-order valence-electron chi connectivity index (χ3n) is 7.58. The predicted octanol–water partition coefficient (Wildman–Crippen LogP) is 3.97. The monoisotopic (exact) mass is 571 g/mol. The Morgan fingerprint density at radius 1 is 1.18 bits per heavy atom. The lowest BCUT2D eigenvalue weighted by Gasteiger charge is -2.37. The summed E-state index contributed by atoms with van der Waals surface area (Å²) in [7, 11) is -2.30. The molecule has 2 aromatic carbocycles. The number of benzene rings is 2. The Hall–Kier alpha value is -3.13. The summed E-state index contributed by atoms with van der Waals surface area (Å²) in [6.07, 6.45) is 4.80. The molecule has 2 aromatic rings. The van der Waals surface area contributed by atoms with Crippen LogP contribution in [-0.2, 0) is 10.0 Å². The van der Waals surface area contributed by atoms with E-state index in [0.717, 1.165) is 25.7 Å². The number of aliphatic hydroxyl groups excluding tert-OH is 1. The van der Waals surface area contributed by atoms with Crippen LogP contribution < -0.4 is 10.1 Å². The number of ether oxygens (including phenoxy) is 1. The zero-order valence-electron chi connectivity index (χ0n) is 23.3. The van der Waals surface area contributed by atoms with E-state index < -0.39 is 28.0 Å². The second kappa shape index (κ2) is 13.0. The summed E-state index contributed by atoms with van der Waals surface area (Å²) in [4.78, 5) is 14.5. The van der Waals surface area contributed by atoms with Gasteiger partial charge in [0, 0.05) is 42.7 Å². The Morgan fingerprint density at radius 2 is 1.88 bits per heavy atom. The first-order chi connectivity index (χ1) is 19.1. The fourth-order valence-electron chi connectivity index (χ4n) is 5.12. The Morgan fingerprint density at radius 3 is 2.55 bits per heavy atom. The zero-order valence-corrected chi connectivity index (χ0v) is 24.1. The van der Waals surface area contributed by atoms with Gasteiger partial charge in [-0.15, -0.1) is 0 Å². The van der Waals surface area contributed by atoms with Crippen molar-refractivity contribution in [3.63, 3.8) is 0 Å². The summed E-state index contributed by atoms with van der Waals surface area (Å²) >= 11 is 0. The number of sulfonamides is 1. The Labute approximate surface area is 236 Å². The van der Waals surface area contributed by atoms with Crippen LogP contribution in [0.3, 0.4) is 0 Å². The number of nitrogens with zero attached hydrogens (tertiary/aromatic N) is 2. The summed E-state index contributed by atoms with van der Waals surface area (Å²) in [5.41, 5.74) is 0.982. The van der Waals surface area contributed by atoms with Crippen LogP contribution in [0.15, 0.2) is 47.4 Å². The highest BCUT2D eigenvalue weighted by atomic mass is 32.2. The first kappa shape index (κ1) is 29.8. The van der Waals surface area contributed by atoms with Crippen molar-refractivity contribution in [3.8, 4) is 17.6 Å². The van der Waals surface area contributed by atoms with Gasteiger partial charge in [0.15, 0.2) is 0 Å². The van der Waals surface area contributed by atoms with Gasteiger partial charge in [-0.1, -0.05) is 44.1 Å². The van der Waals surface area contributed by atoms with Gasteiger partial charge in [0.2, 0.25) is 10.0 Å². The number of amides is 2. The normalized spacial score (nSPS) is 21.9. The molecule has 0 radical (unpaired) electrons. The van der Waals surface area contributed by atoms with Crippen molar-refractivity contribution in [3.05, 3.63) is 59.4 Å². The number of carbonyl (C=O) groups is 1. The van der Waals surface area contributed by atoms with Crippen molar-refractivity contribution < 1.29 is 27.4 Å². The first-order valence-electron chi connectivity index (χ1n) is 13.8. The number of halogens is 1. The van der Waals surface area contributed by atoms with Gasteiger partial charge >= 0.3 is 6.03 Å². The predicted molar refractivity (Wildman–Crippen MR) is 151 cm³/mol. The van der Waals surface area contributed by atoms with Gasteiger partial charge in [-0.25, -0.2) is 17.6 Å². The molecule has 0 bridgehead atoms. The maximum absolute atomic E-state index is 13.7. The average molecular weight is 572 g/mol. The molecular formula is C30H38FN3O5S. The highest BCUT2D eigenvalue weighted by Crippen LogP contribution is 2.34. The van der Waals surface area contributed by atoms with Crippen LogP contribution >= 0.6 is 0 Å². The van der Waals surface area contributed by atoms with Crippen LogP contribution in [0, 0.1) is 23.6 Å². The molecule has 2 amide bonds. The van der Waals surface area contributed by atoms with Crippen LogP contribution in [-0.4, -0.2) is 73.7 Å². The SMILES string of the molecule is C[C@H]1CN([C@@H](C)CO)S(=O)(=O)c2ccc(C#Cc3cccc(F)c3)cc2O[C@H]1CN(C)C(=O)NC1CCCCC1. The summed E-state index contributed by atoms with van der Waals surface area (Å²) in [5, 5.41) is 13.0. The number of hydrogen-bond donors (Lipinski definition) is 2. The number of aliphatic hydroxyl groups is 1. The molecule has 10 heteroatoms. The lowest BCUT2D eigenvalue weighted by Crippen LogP contribution is -2.52. The van der Waals surface area contributed by atoms with E-state index in [-0.39, 0.29) is 48.3 Å². The van der Waals surface area contributed by atoms with Crippen LogP contribution in [0.2, 0.25) is 0 Å². The van der Waals surface area contributed by atoms with Gasteiger partial charge in [0.25, 0.3) is 0 Å². The molecule has 2 N–H and O–H groups in total. The van der Waals surface area contributed by atoms with E-state index >= 15 is 0 Å². The van der Waals surface area contributed by atoms with E-state index in [2.05, 4.69) is 17.2 Å². The minimum absolute atomic E-state index is 0.0321. The number of rotatable bonds is 5. The van der Waals surface area contributed by atoms with E-state index in [4.69, 9.17) is 4.74 Å². The summed E-state index contributed by atoms with van der Waals surface area (Å²) in [6.45, 7) is 3.55. The van der Waals surface area contributed by atoms with Gasteiger partial charge in [-0.05, 0) is 56.2 Å². The molecule has 1 fully saturated rings. The van der Waals surface area contributed by atoms with Gasteiger partial charge in [-0.3, -0.25) is 0 Å². The molecule has 1 heterocycles. The molecule has 1 saturated carbocycles. The van der Waals surface area contributed by atoms with E-state index in [0.29, 0.717) is 11.1 Å². The fourth-order valence-corrected chi connectivity index (χ4v) is 6.94. The average Bonchev–Trinajstić information content (AvgIpc) is 2.93. The highest BCUT2D eigenvalue weighted by Gasteiger charge is 2.38. The summed E-state index contributed by atoms with van der Waals surface area (Å²) < 4.78 is 48.6. The maximum atomic E-state index is 13.7. The molecule has 8 nitrogen and oxygen atoms in total. The van der Waals surface area contributed by atoms with Gasteiger partial charge in [0.1, 0.15) is 22.6 Å². The van der Waals surface area contributed by atoms with E-state index in [1.54, 1.807) is 43.1 Å².